The lowest BCUT2D eigenvalue weighted by atomic mass is 9.89. The fourth-order valence-corrected chi connectivity index (χ4v) is 3.12. The number of alkyl halides is 2. The molecule has 0 aromatic carbocycles. The molecule has 2 N–H and O–H groups in total. The fraction of sp³-hybridized carbons (Fsp3) is 1.00. The molecule has 2 aliphatic rings. The lowest BCUT2D eigenvalue weighted by Crippen LogP contribution is -2.38. The lowest BCUT2D eigenvalue weighted by molar-refractivity contribution is -0.0482. The molecule has 2 aliphatic carbocycles. The van der Waals surface area contributed by atoms with Crippen LogP contribution in [-0.2, 0) is 0 Å². The van der Waals surface area contributed by atoms with Gasteiger partial charge in [0.1, 0.15) is 6.61 Å². The summed E-state index contributed by atoms with van der Waals surface area (Å²) < 4.78 is 25.4. The number of aliphatic hydroxyl groups is 1. The zero-order valence-electron chi connectivity index (χ0n) is 8.88. The molecule has 0 heterocycles. The second-order valence-electron chi connectivity index (χ2n) is 5.08. The van der Waals surface area contributed by atoms with E-state index in [1.807, 2.05) is 0 Å². The summed E-state index contributed by atoms with van der Waals surface area (Å²) in [5.74, 6) is -0.735. The van der Waals surface area contributed by atoms with Gasteiger partial charge in [-0.05, 0) is 43.6 Å². The number of hydrogen-bond donors (Lipinski definition) is 2. The van der Waals surface area contributed by atoms with E-state index in [2.05, 4.69) is 5.32 Å². The Bertz CT molecular complexity index is 223. The third kappa shape index (κ3) is 2.67. The van der Waals surface area contributed by atoms with E-state index in [0.717, 1.165) is 11.8 Å². The monoisotopic (exact) mass is 219 g/mol. The molecule has 0 spiro atoms. The lowest BCUT2D eigenvalue weighted by Gasteiger charge is -2.23. The average molecular weight is 219 g/mol. The van der Waals surface area contributed by atoms with Gasteiger partial charge in [0.25, 0.3) is 5.92 Å². The maximum Gasteiger partial charge on any atom is 0.282 e. The van der Waals surface area contributed by atoms with Crippen molar-refractivity contribution >= 4 is 0 Å². The van der Waals surface area contributed by atoms with Gasteiger partial charge in [0.2, 0.25) is 0 Å². The van der Waals surface area contributed by atoms with Gasteiger partial charge in [-0.25, -0.2) is 8.78 Å². The topological polar surface area (TPSA) is 32.3 Å². The Morgan fingerprint density at radius 1 is 1.27 bits per heavy atom. The number of nitrogens with one attached hydrogen (secondary N) is 1. The van der Waals surface area contributed by atoms with Gasteiger partial charge in [0, 0.05) is 0 Å². The SMILES string of the molecule is OCC(F)(F)CNCC1CC2CCC1C2. The molecule has 4 heteroatoms. The van der Waals surface area contributed by atoms with Crippen molar-refractivity contribution in [2.24, 2.45) is 17.8 Å². The smallest absolute Gasteiger partial charge is 0.282 e. The third-order valence-corrected chi connectivity index (χ3v) is 3.91. The highest BCUT2D eigenvalue weighted by Crippen LogP contribution is 2.47. The van der Waals surface area contributed by atoms with Crippen LogP contribution in [0.15, 0.2) is 0 Å². The Labute approximate surface area is 89.1 Å². The zero-order valence-corrected chi connectivity index (χ0v) is 8.88. The molecule has 88 valence electrons. The molecule has 2 bridgehead atoms. The summed E-state index contributed by atoms with van der Waals surface area (Å²) in [6, 6.07) is 0. The number of hydrogen-bond acceptors (Lipinski definition) is 2. The molecule has 0 amide bonds. The Morgan fingerprint density at radius 2 is 2.07 bits per heavy atom. The summed E-state index contributed by atoms with van der Waals surface area (Å²) in [4.78, 5) is 0. The minimum atomic E-state index is -2.96. The highest BCUT2D eigenvalue weighted by atomic mass is 19.3. The number of halogens is 2. The highest BCUT2D eigenvalue weighted by molar-refractivity contribution is 4.91. The largest absolute Gasteiger partial charge is 0.390 e. The highest BCUT2D eigenvalue weighted by Gasteiger charge is 2.39. The van der Waals surface area contributed by atoms with E-state index in [-0.39, 0.29) is 0 Å². The van der Waals surface area contributed by atoms with Crippen LogP contribution in [0.1, 0.15) is 25.7 Å². The first-order valence-electron chi connectivity index (χ1n) is 5.80. The fourth-order valence-electron chi connectivity index (χ4n) is 3.12. The van der Waals surface area contributed by atoms with Crippen LogP contribution < -0.4 is 5.32 Å². The second kappa shape index (κ2) is 4.34. The van der Waals surface area contributed by atoms with E-state index in [4.69, 9.17) is 5.11 Å². The maximum absolute atomic E-state index is 12.7. The molecule has 0 radical (unpaired) electrons. The van der Waals surface area contributed by atoms with Crippen molar-refractivity contribution in [1.82, 2.24) is 5.32 Å². The molecule has 0 aliphatic heterocycles. The molecule has 2 nitrogen and oxygen atoms in total. The van der Waals surface area contributed by atoms with E-state index < -0.39 is 19.1 Å². The summed E-state index contributed by atoms with van der Waals surface area (Å²) in [6.45, 7) is -0.759. The van der Waals surface area contributed by atoms with Gasteiger partial charge in [-0.1, -0.05) is 6.42 Å². The van der Waals surface area contributed by atoms with Crippen molar-refractivity contribution in [3.8, 4) is 0 Å². The standard InChI is InChI=1S/C11H19F2NO/c12-11(13,7-15)6-14-5-10-4-8-1-2-9(10)3-8/h8-10,14-15H,1-7H2. The minimum absolute atomic E-state index is 0.391. The average Bonchev–Trinajstić information content (AvgIpc) is 2.79. The van der Waals surface area contributed by atoms with E-state index in [0.29, 0.717) is 12.5 Å². The molecule has 0 saturated heterocycles. The van der Waals surface area contributed by atoms with Crippen LogP contribution >= 0.6 is 0 Å². The van der Waals surface area contributed by atoms with Crippen molar-refractivity contribution in [2.45, 2.75) is 31.6 Å². The molecule has 3 atom stereocenters. The van der Waals surface area contributed by atoms with Crippen molar-refractivity contribution in [1.29, 1.82) is 0 Å². The van der Waals surface area contributed by atoms with Gasteiger partial charge in [-0.15, -0.1) is 0 Å². The predicted molar refractivity (Wildman–Crippen MR) is 53.8 cm³/mol. The first-order chi connectivity index (χ1) is 7.11. The molecule has 2 rings (SSSR count). The van der Waals surface area contributed by atoms with Crippen LogP contribution in [0, 0.1) is 17.8 Å². The van der Waals surface area contributed by atoms with Gasteiger partial charge in [0.05, 0.1) is 6.54 Å². The Morgan fingerprint density at radius 3 is 2.60 bits per heavy atom. The Balaban J connectivity index is 1.67. The summed E-state index contributed by atoms with van der Waals surface area (Å²) >= 11 is 0. The van der Waals surface area contributed by atoms with Gasteiger partial charge >= 0.3 is 0 Å². The predicted octanol–water partition coefficient (Wildman–Crippen LogP) is 1.64. The van der Waals surface area contributed by atoms with Crippen molar-refractivity contribution in [3.63, 3.8) is 0 Å². The van der Waals surface area contributed by atoms with Crippen LogP contribution in [0.5, 0.6) is 0 Å². The van der Waals surface area contributed by atoms with Gasteiger partial charge in [-0.3, -0.25) is 0 Å². The molecular formula is C11H19F2NO. The van der Waals surface area contributed by atoms with Crippen molar-refractivity contribution < 1.29 is 13.9 Å². The summed E-state index contributed by atoms with van der Waals surface area (Å²) in [7, 11) is 0. The van der Waals surface area contributed by atoms with Crippen LogP contribution in [0.4, 0.5) is 8.78 Å². The van der Waals surface area contributed by atoms with Gasteiger partial charge < -0.3 is 10.4 Å². The van der Waals surface area contributed by atoms with Gasteiger partial charge in [-0.2, -0.15) is 0 Å². The Hall–Kier alpha value is -0.220. The summed E-state index contributed by atoms with van der Waals surface area (Å²) in [6.07, 6.45) is 5.15. The third-order valence-electron chi connectivity index (χ3n) is 3.91. The quantitative estimate of drug-likeness (QED) is 0.736. The molecule has 2 fully saturated rings. The molecule has 2 saturated carbocycles. The maximum atomic E-state index is 12.7. The number of aliphatic hydroxyl groups excluding tert-OH is 1. The van der Waals surface area contributed by atoms with Crippen LogP contribution in [-0.4, -0.2) is 30.7 Å². The minimum Gasteiger partial charge on any atom is -0.390 e. The van der Waals surface area contributed by atoms with E-state index in [1.54, 1.807) is 0 Å². The van der Waals surface area contributed by atoms with Gasteiger partial charge in [0.15, 0.2) is 0 Å². The van der Waals surface area contributed by atoms with Crippen LogP contribution in [0.3, 0.4) is 0 Å². The van der Waals surface area contributed by atoms with E-state index in [9.17, 15) is 8.78 Å². The van der Waals surface area contributed by atoms with Crippen LogP contribution in [0.2, 0.25) is 0 Å². The van der Waals surface area contributed by atoms with E-state index in [1.165, 1.54) is 25.7 Å². The molecule has 15 heavy (non-hydrogen) atoms. The van der Waals surface area contributed by atoms with Crippen LogP contribution in [0.25, 0.3) is 0 Å². The normalized spacial score (nSPS) is 35.0. The molecule has 0 aromatic rings. The first kappa shape index (κ1) is 11.3. The number of fused-ring (bicyclic) bond motifs is 2. The summed E-state index contributed by atoms with van der Waals surface area (Å²) in [5, 5.41) is 11.2. The molecule has 3 unspecified atom stereocenters. The van der Waals surface area contributed by atoms with Crippen molar-refractivity contribution in [2.75, 3.05) is 19.7 Å². The van der Waals surface area contributed by atoms with E-state index >= 15 is 0 Å². The molecular weight excluding hydrogens is 200 g/mol. The summed E-state index contributed by atoms with van der Waals surface area (Å²) in [5.41, 5.74) is 0. The van der Waals surface area contributed by atoms with Crippen molar-refractivity contribution in [3.05, 3.63) is 0 Å². The number of rotatable bonds is 5. The second-order valence-corrected chi connectivity index (χ2v) is 5.08. The molecule has 0 aromatic heterocycles. The first-order valence-corrected chi connectivity index (χ1v) is 5.80. The Kier molecular flexibility index (Phi) is 3.26. The zero-order chi connectivity index (χ0) is 10.9.